The molecule has 1 aliphatic rings. The van der Waals surface area contributed by atoms with Gasteiger partial charge < -0.3 is 5.11 Å². The monoisotopic (exact) mass is 143 g/mol. The predicted molar refractivity (Wildman–Crippen MR) is 40.2 cm³/mol. The summed E-state index contributed by atoms with van der Waals surface area (Å²) in [5, 5.41) is 8.75. The van der Waals surface area contributed by atoms with Crippen LogP contribution in [0.2, 0.25) is 0 Å². The Hall–Kier alpha value is -0.120. The standard InChI is InChI=1S/C7H15N2O/c1-2-8-3-5-9(7-10)6-4-8/h2,10H,3-7H2,1H3. The smallest absolute Gasteiger partial charge is 0.0957 e. The highest BCUT2D eigenvalue weighted by molar-refractivity contribution is 4.72. The van der Waals surface area contributed by atoms with Gasteiger partial charge in [0.1, 0.15) is 0 Å². The number of nitrogens with zero attached hydrogens (tertiary/aromatic N) is 2. The lowest BCUT2D eigenvalue weighted by Gasteiger charge is -2.32. The second-order valence-electron chi connectivity index (χ2n) is 2.55. The molecule has 0 unspecified atom stereocenters. The molecule has 0 aromatic heterocycles. The van der Waals surface area contributed by atoms with Crippen molar-refractivity contribution in [3.63, 3.8) is 0 Å². The van der Waals surface area contributed by atoms with Crippen LogP contribution in [0, 0.1) is 6.54 Å². The van der Waals surface area contributed by atoms with Crippen molar-refractivity contribution < 1.29 is 5.11 Å². The van der Waals surface area contributed by atoms with E-state index in [1.807, 2.05) is 4.90 Å². The molecule has 0 bridgehead atoms. The van der Waals surface area contributed by atoms with E-state index in [1.165, 1.54) is 0 Å². The third kappa shape index (κ3) is 1.94. The molecule has 0 saturated carbocycles. The van der Waals surface area contributed by atoms with Gasteiger partial charge >= 0.3 is 0 Å². The molecule has 1 aliphatic heterocycles. The van der Waals surface area contributed by atoms with Crippen LogP contribution in [0.4, 0.5) is 0 Å². The summed E-state index contributed by atoms with van der Waals surface area (Å²) in [4.78, 5) is 4.31. The van der Waals surface area contributed by atoms with Gasteiger partial charge in [-0.3, -0.25) is 9.80 Å². The largest absolute Gasteiger partial charge is 0.381 e. The Morgan fingerprint density at radius 3 is 2.30 bits per heavy atom. The lowest BCUT2D eigenvalue weighted by atomic mass is 10.3. The molecule has 1 rings (SSSR count). The normalized spacial score (nSPS) is 23.4. The van der Waals surface area contributed by atoms with Crippen LogP contribution in [0.5, 0.6) is 0 Å². The van der Waals surface area contributed by atoms with Crippen molar-refractivity contribution in [3.8, 4) is 0 Å². The molecule has 1 N–H and O–H groups in total. The summed E-state index contributed by atoms with van der Waals surface area (Å²) in [6.45, 7) is 8.44. The molecule has 3 nitrogen and oxygen atoms in total. The fourth-order valence-electron chi connectivity index (χ4n) is 1.16. The van der Waals surface area contributed by atoms with Crippen LogP contribution in [0.15, 0.2) is 0 Å². The molecule has 59 valence electrons. The highest BCUT2D eigenvalue weighted by Gasteiger charge is 2.13. The van der Waals surface area contributed by atoms with Crippen LogP contribution in [-0.2, 0) is 0 Å². The summed E-state index contributed by atoms with van der Waals surface area (Å²) >= 11 is 0. The van der Waals surface area contributed by atoms with Gasteiger partial charge in [0.15, 0.2) is 0 Å². The molecule has 1 saturated heterocycles. The molecule has 0 amide bonds. The van der Waals surface area contributed by atoms with E-state index >= 15 is 0 Å². The zero-order valence-electron chi connectivity index (χ0n) is 6.45. The molecule has 0 atom stereocenters. The summed E-state index contributed by atoms with van der Waals surface area (Å²) < 4.78 is 0. The first-order valence-electron chi connectivity index (χ1n) is 3.73. The second-order valence-corrected chi connectivity index (χ2v) is 2.55. The summed E-state index contributed by atoms with van der Waals surface area (Å²) in [5.74, 6) is 0. The van der Waals surface area contributed by atoms with E-state index in [0.717, 1.165) is 26.2 Å². The minimum atomic E-state index is 0.206. The fourth-order valence-corrected chi connectivity index (χ4v) is 1.16. The summed E-state index contributed by atoms with van der Waals surface area (Å²) in [6, 6.07) is 0. The van der Waals surface area contributed by atoms with Gasteiger partial charge in [-0.2, -0.15) is 0 Å². The quantitative estimate of drug-likeness (QED) is 0.576. The second kappa shape index (κ2) is 3.91. The predicted octanol–water partition coefficient (Wildman–Crippen LogP) is -0.265. The molecular formula is C7H15N2O. The van der Waals surface area contributed by atoms with E-state index in [4.69, 9.17) is 5.11 Å². The summed E-state index contributed by atoms with van der Waals surface area (Å²) in [6.07, 6.45) is 0. The van der Waals surface area contributed by atoms with Gasteiger partial charge in [-0.25, -0.2) is 0 Å². The topological polar surface area (TPSA) is 26.7 Å². The van der Waals surface area contributed by atoms with Crippen LogP contribution >= 0.6 is 0 Å². The highest BCUT2D eigenvalue weighted by Crippen LogP contribution is 2.00. The number of piperazine rings is 1. The van der Waals surface area contributed by atoms with Gasteiger partial charge in [0.05, 0.1) is 6.73 Å². The van der Waals surface area contributed by atoms with Gasteiger partial charge in [0.2, 0.25) is 0 Å². The maximum atomic E-state index is 8.75. The minimum Gasteiger partial charge on any atom is -0.381 e. The Morgan fingerprint density at radius 2 is 1.90 bits per heavy atom. The number of hydrogen-bond acceptors (Lipinski definition) is 3. The molecule has 0 aliphatic carbocycles. The first-order chi connectivity index (χ1) is 4.86. The number of hydrogen-bond donors (Lipinski definition) is 1. The Kier molecular flexibility index (Phi) is 3.12. The molecule has 0 aromatic carbocycles. The minimum absolute atomic E-state index is 0.206. The average Bonchev–Trinajstić information content (AvgIpc) is 2.05. The van der Waals surface area contributed by atoms with Crippen molar-refractivity contribution in [2.45, 2.75) is 6.92 Å². The third-order valence-corrected chi connectivity index (χ3v) is 1.97. The number of aliphatic hydroxyl groups excluding tert-OH is 1. The summed E-state index contributed by atoms with van der Waals surface area (Å²) in [5.41, 5.74) is 0. The van der Waals surface area contributed by atoms with E-state index in [0.29, 0.717) is 0 Å². The van der Waals surface area contributed by atoms with E-state index in [1.54, 1.807) is 0 Å². The van der Waals surface area contributed by atoms with E-state index in [2.05, 4.69) is 18.4 Å². The van der Waals surface area contributed by atoms with Crippen molar-refractivity contribution in [3.05, 3.63) is 6.54 Å². The number of aliphatic hydroxyl groups is 1. The van der Waals surface area contributed by atoms with E-state index < -0.39 is 0 Å². The van der Waals surface area contributed by atoms with Crippen LogP contribution < -0.4 is 0 Å². The van der Waals surface area contributed by atoms with Crippen molar-refractivity contribution in [2.75, 3.05) is 32.9 Å². The fraction of sp³-hybridized carbons (Fsp3) is 0.857. The van der Waals surface area contributed by atoms with Gasteiger partial charge in [-0.1, -0.05) is 0 Å². The SMILES string of the molecule is C[CH]N1CCN(CO)CC1. The van der Waals surface area contributed by atoms with Gasteiger partial charge in [0.25, 0.3) is 0 Å². The van der Waals surface area contributed by atoms with Gasteiger partial charge in [-0.15, -0.1) is 0 Å². The molecule has 3 heteroatoms. The Balaban J connectivity index is 2.17. The van der Waals surface area contributed by atoms with Gasteiger partial charge in [-0.05, 0) is 6.92 Å². The van der Waals surface area contributed by atoms with Crippen LogP contribution in [-0.4, -0.2) is 47.8 Å². The third-order valence-electron chi connectivity index (χ3n) is 1.97. The highest BCUT2D eigenvalue weighted by atomic mass is 16.3. The van der Waals surface area contributed by atoms with E-state index in [9.17, 15) is 0 Å². The molecule has 0 aromatic rings. The van der Waals surface area contributed by atoms with Crippen molar-refractivity contribution in [2.24, 2.45) is 0 Å². The Morgan fingerprint density at radius 1 is 1.30 bits per heavy atom. The maximum Gasteiger partial charge on any atom is 0.0957 e. The lowest BCUT2D eigenvalue weighted by molar-refractivity contribution is 0.0640. The molecule has 1 heterocycles. The van der Waals surface area contributed by atoms with Crippen molar-refractivity contribution >= 4 is 0 Å². The van der Waals surface area contributed by atoms with E-state index in [-0.39, 0.29) is 6.73 Å². The Bertz CT molecular complexity index is 77.6. The first kappa shape index (κ1) is 7.98. The van der Waals surface area contributed by atoms with Crippen molar-refractivity contribution in [1.29, 1.82) is 0 Å². The number of rotatable bonds is 2. The van der Waals surface area contributed by atoms with Crippen molar-refractivity contribution in [1.82, 2.24) is 9.80 Å². The molecule has 0 spiro atoms. The maximum absolute atomic E-state index is 8.75. The van der Waals surface area contributed by atoms with Crippen LogP contribution in [0.25, 0.3) is 0 Å². The molecule has 10 heavy (non-hydrogen) atoms. The zero-order valence-corrected chi connectivity index (χ0v) is 6.45. The van der Waals surface area contributed by atoms with Crippen LogP contribution in [0.3, 0.4) is 0 Å². The molecule has 1 fully saturated rings. The summed E-state index contributed by atoms with van der Waals surface area (Å²) in [7, 11) is 0. The zero-order chi connectivity index (χ0) is 7.40. The lowest BCUT2D eigenvalue weighted by Crippen LogP contribution is -2.44. The molecular weight excluding hydrogens is 128 g/mol. The first-order valence-corrected chi connectivity index (χ1v) is 3.73. The van der Waals surface area contributed by atoms with Gasteiger partial charge in [0, 0.05) is 32.7 Å². The molecule has 1 radical (unpaired) electrons. The van der Waals surface area contributed by atoms with Crippen LogP contribution in [0.1, 0.15) is 6.92 Å². The Labute approximate surface area is 62.2 Å². The average molecular weight is 143 g/mol.